The summed E-state index contributed by atoms with van der Waals surface area (Å²) in [5, 5.41) is 5.11. The fourth-order valence-electron chi connectivity index (χ4n) is 2.86. The molecule has 2 heterocycles. The van der Waals surface area contributed by atoms with E-state index in [0.29, 0.717) is 24.5 Å². The quantitative estimate of drug-likeness (QED) is 0.515. The number of methoxy groups -OCH3 is 2. The van der Waals surface area contributed by atoms with Gasteiger partial charge in [-0.3, -0.25) is 4.79 Å². The Morgan fingerprint density at radius 1 is 1.26 bits per heavy atom. The molecule has 1 N–H and O–H groups in total. The number of fused-ring (bicyclic) bond motifs is 1. The van der Waals surface area contributed by atoms with Crippen LogP contribution >= 0.6 is 0 Å². The van der Waals surface area contributed by atoms with Crippen LogP contribution in [0.15, 0.2) is 47.8 Å². The topological polar surface area (TPSA) is 77.7 Å². The number of benzene rings is 1. The van der Waals surface area contributed by atoms with Crippen molar-refractivity contribution >= 4 is 23.2 Å². The maximum absolute atomic E-state index is 12.1. The Morgan fingerprint density at radius 3 is 2.85 bits per heavy atom. The monoisotopic (exact) mass is 366 g/mol. The second-order valence-corrected chi connectivity index (χ2v) is 6.04. The van der Waals surface area contributed by atoms with Gasteiger partial charge in [-0.2, -0.15) is 5.10 Å². The average molecular weight is 366 g/mol. The smallest absolute Gasteiger partial charge is 0.241 e. The summed E-state index contributed by atoms with van der Waals surface area (Å²) >= 11 is 0. The molecule has 0 atom stereocenters. The second kappa shape index (κ2) is 8.35. The molecule has 1 amide bonds. The summed E-state index contributed by atoms with van der Waals surface area (Å²) in [6, 6.07) is 9.34. The van der Waals surface area contributed by atoms with Gasteiger partial charge in [-0.25, -0.2) is 10.4 Å². The van der Waals surface area contributed by atoms with E-state index in [4.69, 9.17) is 9.47 Å². The average Bonchev–Trinajstić information content (AvgIpc) is 3.02. The molecule has 1 aromatic carbocycles. The highest BCUT2D eigenvalue weighted by molar-refractivity contribution is 5.83. The van der Waals surface area contributed by atoms with Gasteiger partial charge in [0.25, 0.3) is 0 Å². The van der Waals surface area contributed by atoms with Crippen LogP contribution in [0.5, 0.6) is 11.5 Å². The minimum atomic E-state index is -0.165. The van der Waals surface area contributed by atoms with Crippen LogP contribution in [-0.4, -0.2) is 35.9 Å². The molecule has 0 spiro atoms. The zero-order valence-electron chi connectivity index (χ0n) is 15.6. The predicted molar refractivity (Wildman–Crippen MR) is 104 cm³/mol. The highest BCUT2D eigenvalue weighted by Gasteiger charge is 2.08. The van der Waals surface area contributed by atoms with Crippen molar-refractivity contribution in [3.63, 3.8) is 0 Å². The molecule has 2 aromatic heterocycles. The first-order valence-corrected chi connectivity index (χ1v) is 8.56. The van der Waals surface area contributed by atoms with Crippen molar-refractivity contribution in [2.45, 2.75) is 19.9 Å². The van der Waals surface area contributed by atoms with Gasteiger partial charge in [0.15, 0.2) is 11.5 Å². The number of hydrazone groups is 1. The number of carbonyl (C=O) groups is 1. The van der Waals surface area contributed by atoms with E-state index < -0.39 is 0 Å². The van der Waals surface area contributed by atoms with Gasteiger partial charge < -0.3 is 14.0 Å². The number of nitrogens with zero attached hydrogens (tertiary/aromatic N) is 3. The van der Waals surface area contributed by atoms with Crippen LogP contribution in [0.25, 0.3) is 11.0 Å². The molecule has 0 saturated heterocycles. The second-order valence-electron chi connectivity index (χ2n) is 6.04. The first-order chi connectivity index (χ1) is 13.1. The van der Waals surface area contributed by atoms with Crippen molar-refractivity contribution in [2.24, 2.45) is 5.10 Å². The van der Waals surface area contributed by atoms with Gasteiger partial charge in [0.1, 0.15) is 5.65 Å². The minimum absolute atomic E-state index is 0.165. The van der Waals surface area contributed by atoms with Crippen LogP contribution in [0, 0.1) is 6.92 Å². The third-order valence-electron chi connectivity index (χ3n) is 4.22. The molecule has 0 radical (unpaired) electrons. The van der Waals surface area contributed by atoms with Crippen LogP contribution in [0.1, 0.15) is 17.5 Å². The van der Waals surface area contributed by atoms with E-state index in [-0.39, 0.29) is 5.91 Å². The Bertz CT molecular complexity index is 979. The SMILES string of the molecule is COc1ccc(C=NNC(=O)CCn2cc(C)c3cccnc32)cc1OC. The number of hydrogen-bond donors (Lipinski definition) is 1. The molecule has 0 aliphatic carbocycles. The molecule has 140 valence electrons. The lowest BCUT2D eigenvalue weighted by molar-refractivity contribution is -0.121. The summed E-state index contributed by atoms with van der Waals surface area (Å²) in [7, 11) is 3.15. The van der Waals surface area contributed by atoms with Crippen molar-refractivity contribution in [3.05, 3.63) is 53.9 Å². The summed E-state index contributed by atoms with van der Waals surface area (Å²) in [6.45, 7) is 2.58. The normalized spacial score (nSPS) is 11.1. The van der Waals surface area contributed by atoms with E-state index in [1.165, 1.54) is 0 Å². The van der Waals surface area contributed by atoms with Gasteiger partial charge in [-0.05, 0) is 48.4 Å². The van der Waals surface area contributed by atoms with Crippen molar-refractivity contribution in [1.82, 2.24) is 15.0 Å². The molecule has 0 aliphatic rings. The summed E-state index contributed by atoms with van der Waals surface area (Å²) < 4.78 is 12.4. The Hall–Kier alpha value is -3.35. The van der Waals surface area contributed by atoms with E-state index in [1.807, 2.05) is 35.9 Å². The van der Waals surface area contributed by atoms with Crippen LogP contribution < -0.4 is 14.9 Å². The number of ether oxygens (including phenoxy) is 2. The van der Waals surface area contributed by atoms with E-state index in [2.05, 4.69) is 15.5 Å². The molecule has 3 aromatic rings. The largest absolute Gasteiger partial charge is 0.493 e. The first-order valence-electron chi connectivity index (χ1n) is 8.56. The fraction of sp³-hybridized carbons (Fsp3) is 0.250. The summed E-state index contributed by atoms with van der Waals surface area (Å²) in [5.74, 6) is 1.08. The third-order valence-corrected chi connectivity index (χ3v) is 4.22. The highest BCUT2D eigenvalue weighted by atomic mass is 16.5. The van der Waals surface area contributed by atoms with Crippen molar-refractivity contribution < 1.29 is 14.3 Å². The van der Waals surface area contributed by atoms with E-state index in [1.54, 1.807) is 38.8 Å². The molecule has 7 nitrogen and oxygen atoms in total. The Labute approximate surface area is 157 Å². The molecule has 3 rings (SSSR count). The van der Waals surface area contributed by atoms with Crippen LogP contribution in [0.4, 0.5) is 0 Å². The Balaban J connectivity index is 1.57. The first kappa shape index (κ1) is 18.4. The standard InChI is InChI=1S/C20H22N4O3/c1-14-13-24(20-16(14)5-4-9-21-20)10-8-19(25)23-22-12-15-6-7-17(26-2)18(11-15)27-3/h4-7,9,11-13H,8,10H2,1-3H3,(H,23,25). The molecule has 27 heavy (non-hydrogen) atoms. The van der Waals surface area contributed by atoms with Gasteiger partial charge >= 0.3 is 0 Å². The van der Waals surface area contributed by atoms with Crippen LogP contribution in [0.2, 0.25) is 0 Å². The lowest BCUT2D eigenvalue weighted by Crippen LogP contribution is -2.19. The molecular weight excluding hydrogens is 344 g/mol. The number of pyridine rings is 1. The number of amides is 1. The molecule has 0 unspecified atom stereocenters. The number of hydrogen-bond acceptors (Lipinski definition) is 5. The fourth-order valence-corrected chi connectivity index (χ4v) is 2.86. The van der Waals surface area contributed by atoms with Crippen molar-refractivity contribution in [2.75, 3.05) is 14.2 Å². The number of rotatable bonds is 7. The van der Waals surface area contributed by atoms with E-state index >= 15 is 0 Å². The maximum Gasteiger partial charge on any atom is 0.241 e. The molecule has 0 fully saturated rings. The van der Waals surface area contributed by atoms with Crippen LogP contribution in [-0.2, 0) is 11.3 Å². The number of carbonyl (C=O) groups excluding carboxylic acids is 1. The molecule has 0 saturated carbocycles. The van der Waals surface area contributed by atoms with Gasteiger partial charge in [-0.15, -0.1) is 0 Å². The zero-order chi connectivity index (χ0) is 19.2. The molecule has 0 aliphatic heterocycles. The number of nitrogens with one attached hydrogen (secondary N) is 1. The zero-order valence-corrected chi connectivity index (χ0v) is 15.6. The maximum atomic E-state index is 12.1. The van der Waals surface area contributed by atoms with Gasteiger partial charge in [0.2, 0.25) is 5.91 Å². The predicted octanol–water partition coefficient (Wildman–Crippen LogP) is 2.90. The lowest BCUT2D eigenvalue weighted by Gasteiger charge is -2.07. The van der Waals surface area contributed by atoms with E-state index in [0.717, 1.165) is 22.2 Å². The Kier molecular flexibility index (Phi) is 5.71. The summed E-state index contributed by atoms with van der Waals surface area (Å²) in [6.07, 6.45) is 5.64. The third kappa shape index (κ3) is 4.25. The van der Waals surface area contributed by atoms with Gasteiger partial charge in [-0.1, -0.05) is 0 Å². The van der Waals surface area contributed by atoms with Crippen molar-refractivity contribution in [1.29, 1.82) is 0 Å². The molecule has 7 heteroatoms. The summed E-state index contributed by atoms with van der Waals surface area (Å²) in [5.41, 5.74) is 5.37. The highest BCUT2D eigenvalue weighted by Crippen LogP contribution is 2.26. The lowest BCUT2D eigenvalue weighted by atomic mass is 10.2. The van der Waals surface area contributed by atoms with E-state index in [9.17, 15) is 4.79 Å². The van der Waals surface area contributed by atoms with Gasteiger partial charge in [0.05, 0.1) is 20.4 Å². The Morgan fingerprint density at radius 2 is 2.07 bits per heavy atom. The molecular formula is C20H22N4O3. The number of aryl methyl sites for hydroxylation is 2. The van der Waals surface area contributed by atoms with Crippen LogP contribution in [0.3, 0.4) is 0 Å². The van der Waals surface area contributed by atoms with Crippen molar-refractivity contribution in [3.8, 4) is 11.5 Å². The molecule has 0 bridgehead atoms. The number of aromatic nitrogens is 2. The van der Waals surface area contributed by atoms with Gasteiger partial charge in [0, 0.05) is 30.7 Å². The summed E-state index contributed by atoms with van der Waals surface area (Å²) in [4.78, 5) is 16.5. The minimum Gasteiger partial charge on any atom is -0.493 e.